The molecule has 0 aliphatic rings. The summed E-state index contributed by atoms with van der Waals surface area (Å²) in [6.45, 7) is 4.31. The molecular formula is C18H18Cl2O3. The molecule has 0 fully saturated rings. The van der Waals surface area contributed by atoms with Gasteiger partial charge in [-0.15, -0.1) is 0 Å². The molecule has 2 rings (SSSR count). The molecular weight excluding hydrogens is 335 g/mol. The van der Waals surface area contributed by atoms with Crippen molar-refractivity contribution >= 4 is 29.2 Å². The Morgan fingerprint density at radius 2 is 1.61 bits per heavy atom. The SMILES string of the molecule is Cc1cc(OCCCC(=O)Oc2ccc(Cl)cc2)cc(C)c1Cl. The Morgan fingerprint density at radius 3 is 2.22 bits per heavy atom. The molecule has 0 N–H and O–H groups in total. The maximum Gasteiger partial charge on any atom is 0.311 e. The maximum absolute atomic E-state index is 11.7. The van der Waals surface area contributed by atoms with E-state index in [1.807, 2.05) is 26.0 Å². The quantitative estimate of drug-likeness (QED) is 0.398. The number of carbonyl (C=O) groups excluding carboxylic acids is 1. The van der Waals surface area contributed by atoms with Crippen molar-refractivity contribution in [2.75, 3.05) is 6.61 Å². The molecule has 0 aliphatic carbocycles. The van der Waals surface area contributed by atoms with Crippen LogP contribution in [0.1, 0.15) is 24.0 Å². The van der Waals surface area contributed by atoms with Crippen LogP contribution in [0.5, 0.6) is 11.5 Å². The Bertz CT molecular complexity index is 658. The van der Waals surface area contributed by atoms with Crippen molar-refractivity contribution in [3.8, 4) is 11.5 Å². The monoisotopic (exact) mass is 352 g/mol. The fourth-order valence-electron chi connectivity index (χ4n) is 2.08. The van der Waals surface area contributed by atoms with Gasteiger partial charge in [0.2, 0.25) is 0 Å². The summed E-state index contributed by atoms with van der Waals surface area (Å²) >= 11 is 11.9. The Morgan fingerprint density at radius 1 is 1.00 bits per heavy atom. The van der Waals surface area contributed by atoms with Gasteiger partial charge in [-0.05, 0) is 67.8 Å². The van der Waals surface area contributed by atoms with E-state index in [2.05, 4.69) is 0 Å². The molecule has 0 aromatic heterocycles. The van der Waals surface area contributed by atoms with E-state index < -0.39 is 0 Å². The number of rotatable bonds is 6. The molecule has 0 amide bonds. The second-order valence-electron chi connectivity index (χ2n) is 5.25. The first-order valence-corrected chi connectivity index (χ1v) is 8.07. The maximum atomic E-state index is 11.7. The summed E-state index contributed by atoms with van der Waals surface area (Å²) in [5.74, 6) is 0.958. The zero-order valence-corrected chi connectivity index (χ0v) is 14.6. The highest BCUT2D eigenvalue weighted by molar-refractivity contribution is 6.32. The average molecular weight is 353 g/mol. The minimum Gasteiger partial charge on any atom is -0.494 e. The van der Waals surface area contributed by atoms with Gasteiger partial charge >= 0.3 is 5.97 Å². The minimum atomic E-state index is -0.292. The van der Waals surface area contributed by atoms with E-state index in [-0.39, 0.29) is 12.4 Å². The van der Waals surface area contributed by atoms with Crippen LogP contribution in [0.15, 0.2) is 36.4 Å². The fourth-order valence-corrected chi connectivity index (χ4v) is 2.32. The van der Waals surface area contributed by atoms with Crippen LogP contribution in [0.2, 0.25) is 10.0 Å². The molecule has 0 saturated carbocycles. The predicted molar refractivity (Wildman–Crippen MR) is 92.7 cm³/mol. The molecule has 5 heteroatoms. The van der Waals surface area contributed by atoms with Gasteiger partial charge in [-0.2, -0.15) is 0 Å². The fraction of sp³-hybridized carbons (Fsp3) is 0.278. The third kappa shape index (κ3) is 5.45. The third-order valence-electron chi connectivity index (χ3n) is 3.25. The predicted octanol–water partition coefficient (Wildman–Crippen LogP) is 5.37. The summed E-state index contributed by atoms with van der Waals surface area (Å²) in [6.07, 6.45) is 0.862. The summed E-state index contributed by atoms with van der Waals surface area (Å²) in [5, 5.41) is 1.36. The molecule has 0 atom stereocenters. The van der Waals surface area contributed by atoms with E-state index in [4.69, 9.17) is 32.7 Å². The number of hydrogen-bond acceptors (Lipinski definition) is 3. The highest BCUT2D eigenvalue weighted by Crippen LogP contribution is 2.26. The van der Waals surface area contributed by atoms with Crippen molar-refractivity contribution in [2.24, 2.45) is 0 Å². The van der Waals surface area contributed by atoms with E-state index in [1.165, 1.54) is 0 Å². The average Bonchev–Trinajstić information content (AvgIpc) is 2.51. The molecule has 0 unspecified atom stereocenters. The minimum absolute atomic E-state index is 0.286. The zero-order valence-electron chi connectivity index (χ0n) is 13.1. The lowest BCUT2D eigenvalue weighted by molar-refractivity contribution is -0.134. The normalized spacial score (nSPS) is 10.4. The number of halogens is 2. The van der Waals surface area contributed by atoms with Crippen LogP contribution in [-0.2, 0) is 4.79 Å². The zero-order chi connectivity index (χ0) is 16.8. The molecule has 23 heavy (non-hydrogen) atoms. The smallest absolute Gasteiger partial charge is 0.311 e. The lowest BCUT2D eigenvalue weighted by atomic mass is 10.1. The molecule has 3 nitrogen and oxygen atoms in total. The second kappa shape index (κ2) is 8.23. The first kappa shape index (κ1) is 17.6. The van der Waals surface area contributed by atoms with Gasteiger partial charge in [-0.25, -0.2) is 0 Å². The van der Waals surface area contributed by atoms with Gasteiger partial charge in [0.05, 0.1) is 6.61 Å². The molecule has 2 aromatic rings. The third-order valence-corrected chi connectivity index (χ3v) is 4.10. The van der Waals surface area contributed by atoms with E-state index in [0.717, 1.165) is 21.9 Å². The number of carbonyl (C=O) groups is 1. The van der Waals surface area contributed by atoms with Gasteiger partial charge in [-0.3, -0.25) is 4.79 Å². The topological polar surface area (TPSA) is 35.5 Å². The molecule has 0 radical (unpaired) electrons. The van der Waals surface area contributed by atoms with Gasteiger partial charge in [0.25, 0.3) is 0 Å². The van der Waals surface area contributed by atoms with Crippen LogP contribution in [0, 0.1) is 13.8 Å². The van der Waals surface area contributed by atoms with Gasteiger partial charge in [0.1, 0.15) is 11.5 Å². The van der Waals surface area contributed by atoms with Gasteiger partial charge in [0.15, 0.2) is 0 Å². The number of ether oxygens (including phenoxy) is 2. The van der Waals surface area contributed by atoms with Crippen LogP contribution in [0.25, 0.3) is 0 Å². The van der Waals surface area contributed by atoms with Gasteiger partial charge < -0.3 is 9.47 Å². The number of hydrogen-bond donors (Lipinski definition) is 0. The Kier molecular flexibility index (Phi) is 6.31. The van der Waals surface area contributed by atoms with Crippen molar-refractivity contribution in [3.63, 3.8) is 0 Å². The van der Waals surface area contributed by atoms with E-state index in [9.17, 15) is 4.79 Å². The Labute approximate surface area is 146 Å². The van der Waals surface area contributed by atoms with Crippen molar-refractivity contribution in [3.05, 3.63) is 57.6 Å². The van der Waals surface area contributed by atoms with Crippen LogP contribution in [-0.4, -0.2) is 12.6 Å². The second-order valence-corrected chi connectivity index (χ2v) is 6.07. The number of benzene rings is 2. The summed E-state index contributed by atoms with van der Waals surface area (Å²) in [7, 11) is 0. The van der Waals surface area contributed by atoms with Crippen LogP contribution in [0.3, 0.4) is 0 Å². The lowest BCUT2D eigenvalue weighted by Crippen LogP contribution is -2.10. The van der Waals surface area contributed by atoms with E-state index in [0.29, 0.717) is 23.8 Å². The molecule has 0 saturated heterocycles. The highest BCUT2D eigenvalue weighted by atomic mass is 35.5. The van der Waals surface area contributed by atoms with Gasteiger partial charge in [-0.1, -0.05) is 23.2 Å². The Hall–Kier alpha value is -1.71. The molecule has 122 valence electrons. The first-order chi connectivity index (χ1) is 11.0. The van der Waals surface area contributed by atoms with E-state index >= 15 is 0 Å². The van der Waals surface area contributed by atoms with Crippen LogP contribution < -0.4 is 9.47 Å². The van der Waals surface area contributed by atoms with E-state index in [1.54, 1.807) is 24.3 Å². The summed E-state index contributed by atoms with van der Waals surface area (Å²) in [6, 6.07) is 10.5. The van der Waals surface area contributed by atoms with Crippen LogP contribution in [0.4, 0.5) is 0 Å². The van der Waals surface area contributed by atoms with Crippen LogP contribution >= 0.6 is 23.2 Å². The summed E-state index contributed by atoms with van der Waals surface area (Å²) in [4.78, 5) is 11.7. The molecule has 0 spiro atoms. The molecule has 0 bridgehead atoms. The highest BCUT2D eigenvalue weighted by Gasteiger charge is 2.06. The summed E-state index contributed by atoms with van der Waals surface area (Å²) in [5.41, 5.74) is 1.95. The largest absolute Gasteiger partial charge is 0.494 e. The standard InChI is InChI=1S/C18H18Cl2O3/c1-12-10-16(11-13(2)18(12)20)22-9-3-4-17(21)23-15-7-5-14(19)6-8-15/h5-8,10-11H,3-4,9H2,1-2H3. The summed E-state index contributed by atoms with van der Waals surface area (Å²) < 4.78 is 10.9. The molecule has 0 aliphatic heterocycles. The Balaban J connectivity index is 1.74. The first-order valence-electron chi connectivity index (χ1n) is 7.31. The number of aryl methyl sites for hydroxylation is 2. The lowest BCUT2D eigenvalue weighted by Gasteiger charge is -2.10. The van der Waals surface area contributed by atoms with Crippen molar-refractivity contribution < 1.29 is 14.3 Å². The van der Waals surface area contributed by atoms with Crippen molar-refractivity contribution in [1.82, 2.24) is 0 Å². The van der Waals surface area contributed by atoms with Gasteiger partial charge in [0, 0.05) is 16.5 Å². The number of esters is 1. The molecule has 2 aromatic carbocycles. The van der Waals surface area contributed by atoms with Crippen molar-refractivity contribution in [2.45, 2.75) is 26.7 Å². The van der Waals surface area contributed by atoms with Crippen molar-refractivity contribution in [1.29, 1.82) is 0 Å². The molecule has 0 heterocycles.